The number of nitro benzene ring substituents is 1. The molecule has 0 aliphatic carbocycles. The van der Waals surface area contributed by atoms with Crippen molar-refractivity contribution >= 4 is 28.2 Å². The standard InChI is InChI=1S/C19H16N4O4S/c1-12-6-2-4-8-16(12)22-18(14-10-28(27)11-15(14)21-22)20-19(24)13-7-3-5-9-17(13)23(25)26/h2-9H,10-11H2,1H3,(H,20,24)/t28-/m0/s1. The number of amides is 1. The van der Waals surface area contributed by atoms with Crippen molar-refractivity contribution < 1.29 is 13.9 Å². The number of nitrogens with one attached hydrogen (secondary N) is 1. The molecular formula is C19H16N4O4S. The first kappa shape index (κ1) is 18.1. The van der Waals surface area contributed by atoms with Crippen LogP contribution in [0.5, 0.6) is 0 Å². The first-order valence-corrected chi connectivity index (χ1v) is 10.0. The summed E-state index contributed by atoms with van der Waals surface area (Å²) >= 11 is 0. The van der Waals surface area contributed by atoms with E-state index < -0.39 is 21.6 Å². The number of carbonyl (C=O) groups is 1. The number of aryl methyl sites for hydroxylation is 1. The van der Waals surface area contributed by atoms with E-state index in [-0.39, 0.29) is 17.0 Å². The first-order valence-electron chi connectivity index (χ1n) is 8.52. The number of hydrogen-bond acceptors (Lipinski definition) is 5. The minimum absolute atomic E-state index is 0.0436. The maximum Gasteiger partial charge on any atom is 0.282 e. The van der Waals surface area contributed by atoms with Gasteiger partial charge in [-0.15, -0.1) is 0 Å². The van der Waals surface area contributed by atoms with E-state index in [4.69, 9.17) is 0 Å². The molecule has 1 atom stereocenters. The van der Waals surface area contributed by atoms with Crippen LogP contribution >= 0.6 is 0 Å². The van der Waals surface area contributed by atoms with Gasteiger partial charge in [0.25, 0.3) is 11.6 Å². The van der Waals surface area contributed by atoms with Crippen molar-refractivity contribution in [3.8, 4) is 5.69 Å². The summed E-state index contributed by atoms with van der Waals surface area (Å²) < 4.78 is 13.6. The van der Waals surface area contributed by atoms with Crippen LogP contribution in [0.25, 0.3) is 5.69 Å². The van der Waals surface area contributed by atoms with Crippen LogP contribution in [0.15, 0.2) is 48.5 Å². The molecule has 0 unspecified atom stereocenters. The normalized spacial score (nSPS) is 15.2. The molecule has 8 nitrogen and oxygen atoms in total. The van der Waals surface area contributed by atoms with Gasteiger partial charge in [0.2, 0.25) is 0 Å². The summed E-state index contributed by atoms with van der Waals surface area (Å²) in [6.45, 7) is 1.92. The largest absolute Gasteiger partial charge is 0.306 e. The maximum absolute atomic E-state index is 12.9. The lowest BCUT2D eigenvalue weighted by Crippen LogP contribution is -2.18. The second kappa shape index (κ2) is 7.01. The van der Waals surface area contributed by atoms with Gasteiger partial charge in [0.15, 0.2) is 0 Å². The van der Waals surface area contributed by atoms with Crippen LogP contribution in [-0.4, -0.2) is 24.8 Å². The molecule has 3 aromatic rings. The van der Waals surface area contributed by atoms with E-state index in [1.165, 1.54) is 18.2 Å². The number of benzene rings is 2. The second-order valence-corrected chi connectivity index (χ2v) is 7.89. The van der Waals surface area contributed by atoms with Gasteiger partial charge in [0, 0.05) is 22.4 Å². The van der Waals surface area contributed by atoms with E-state index in [9.17, 15) is 19.1 Å². The van der Waals surface area contributed by atoms with E-state index in [0.29, 0.717) is 22.8 Å². The molecule has 28 heavy (non-hydrogen) atoms. The van der Waals surface area contributed by atoms with E-state index in [1.54, 1.807) is 10.7 Å². The fourth-order valence-corrected chi connectivity index (χ4v) is 4.50. The van der Waals surface area contributed by atoms with Gasteiger partial charge >= 0.3 is 0 Å². The maximum atomic E-state index is 12.9. The van der Waals surface area contributed by atoms with E-state index >= 15 is 0 Å². The highest BCUT2D eigenvalue weighted by molar-refractivity contribution is 7.83. The molecule has 9 heteroatoms. The fourth-order valence-electron chi connectivity index (χ4n) is 3.23. The quantitative estimate of drug-likeness (QED) is 0.539. The van der Waals surface area contributed by atoms with Crippen molar-refractivity contribution in [2.24, 2.45) is 0 Å². The van der Waals surface area contributed by atoms with Crippen molar-refractivity contribution in [1.29, 1.82) is 0 Å². The van der Waals surface area contributed by atoms with Crippen molar-refractivity contribution in [3.63, 3.8) is 0 Å². The molecule has 0 saturated carbocycles. The number of aromatic nitrogens is 2. The SMILES string of the molecule is Cc1ccccc1-n1nc2c(c1NC(=O)c1ccccc1[N+](=O)[O-])C[S@](=O)C2. The molecule has 2 heterocycles. The summed E-state index contributed by atoms with van der Waals surface area (Å²) in [5, 5.41) is 18.6. The van der Waals surface area contributed by atoms with Crippen LogP contribution in [0.1, 0.15) is 27.2 Å². The molecular weight excluding hydrogens is 380 g/mol. The Kier molecular flexibility index (Phi) is 4.52. The highest BCUT2D eigenvalue weighted by Gasteiger charge is 2.30. The lowest BCUT2D eigenvalue weighted by Gasteiger charge is -2.13. The first-order chi connectivity index (χ1) is 13.5. The topological polar surface area (TPSA) is 107 Å². The van der Waals surface area contributed by atoms with Gasteiger partial charge < -0.3 is 5.32 Å². The molecule has 0 radical (unpaired) electrons. The molecule has 0 fully saturated rings. The van der Waals surface area contributed by atoms with Gasteiger partial charge in [-0.3, -0.25) is 19.1 Å². The molecule has 1 aromatic heterocycles. The summed E-state index contributed by atoms with van der Waals surface area (Å²) in [4.78, 5) is 23.5. The Morgan fingerprint density at radius 1 is 1.18 bits per heavy atom. The third-order valence-electron chi connectivity index (χ3n) is 4.59. The summed E-state index contributed by atoms with van der Waals surface area (Å²) in [6.07, 6.45) is 0. The van der Waals surface area contributed by atoms with Crippen molar-refractivity contribution in [3.05, 3.63) is 81.0 Å². The molecule has 1 aliphatic heterocycles. The van der Waals surface area contributed by atoms with Crippen molar-refractivity contribution in [1.82, 2.24) is 9.78 Å². The van der Waals surface area contributed by atoms with E-state index in [0.717, 1.165) is 11.3 Å². The fraction of sp³-hybridized carbons (Fsp3) is 0.158. The number of fused-ring (bicyclic) bond motifs is 1. The van der Waals surface area contributed by atoms with Crippen LogP contribution < -0.4 is 5.32 Å². The molecule has 142 valence electrons. The van der Waals surface area contributed by atoms with Crippen LogP contribution in [0.4, 0.5) is 11.5 Å². The Morgan fingerprint density at radius 2 is 1.89 bits per heavy atom. The third-order valence-corrected chi connectivity index (χ3v) is 5.80. The highest BCUT2D eigenvalue weighted by atomic mass is 32.2. The van der Waals surface area contributed by atoms with Crippen LogP contribution in [0.3, 0.4) is 0 Å². The number of nitro groups is 1. The van der Waals surface area contributed by atoms with Gasteiger partial charge in [0.1, 0.15) is 11.4 Å². The predicted molar refractivity (Wildman–Crippen MR) is 105 cm³/mol. The average Bonchev–Trinajstić information content (AvgIpc) is 3.19. The summed E-state index contributed by atoms with van der Waals surface area (Å²) in [5.41, 5.74) is 2.78. The molecule has 0 saturated heterocycles. The minimum atomic E-state index is -1.07. The molecule has 0 bridgehead atoms. The van der Waals surface area contributed by atoms with Gasteiger partial charge in [-0.1, -0.05) is 30.3 Å². The molecule has 1 N–H and O–H groups in total. The summed E-state index contributed by atoms with van der Waals surface area (Å²) in [5.74, 6) is 0.400. The molecule has 1 amide bonds. The minimum Gasteiger partial charge on any atom is -0.306 e. The predicted octanol–water partition coefficient (Wildman–Crippen LogP) is 3.10. The Bertz CT molecular complexity index is 1140. The number of hydrogen-bond donors (Lipinski definition) is 1. The lowest BCUT2D eigenvalue weighted by molar-refractivity contribution is -0.385. The average molecular weight is 396 g/mol. The Morgan fingerprint density at radius 3 is 2.64 bits per heavy atom. The zero-order chi connectivity index (χ0) is 19.8. The van der Waals surface area contributed by atoms with Gasteiger partial charge in [-0.05, 0) is 24.6 Å². The third kappa shape index (κ3) is 3.09. The molecule has 0 spiro atoms. The van der Waals surface area contributed by atoms with Crippen LogP contribution in [0.2, 0.25) is 0 Å². The molecule has 1 aliphatic rings. The lowest BCUT2D eigenvalue weighted by atomic mass is 10.1. The number of carbonyl (C=O) groups excluding carboxylic acids is 1. The Labute approximate surface area is 162 Å². The van der Waals surface area contributed by atoms with Crippen molar-refractivity contribution in [2.45, 2.75) is 18.4 Å². The molecule has 2 aromatic carbocycles. The molecule has 4 rings (SSSR count). The number of anilines is 1. The number of rotatable bonds is 4. The zero-order valence-electron chi connectivity index (χ0n) is 14.9. The van der Waals surface area contributed by atoms with Crippen LogP contribution in [0, 0.1) is 17.0 Å². The Balaban J connectivity index is 1.80. The van der Waals surface area contributed by atoms with Gasteiger partial charge in [-0.25, -0.2) is 4.68 Å². The van der Waals surface area contributed by atoms with E-state index in [2.05, 4.69) is 10.4 Å². The summed E-state index contributed by atoms with van der Waals surface area (Å²) in [7, 11) is -1.07. The van der Waals surface area contributed by atoms with Crippen molar-refractivity contribution in [2.75, 3.05) is 5.32 Å². The summed E-state index contributed by atoms with van der Waals surface area (Å²) in [6, 6.07) is 13.3. The zero-order valence-corrected chi connectivity index (χ0v) is 15.7. The van der Waals surface area contributed by atoms with E-state index in [1.807, 2.05) is 31.2 Å². The number of nitrogens with zero attached hydrogens (tertiary/aromatic N) is 3. The number of para-hydroxylation sites is 2. The monoisotopic (exact) mass is 396 g/mol. The van der Waals surface area contributed by atoms with Gasteiger partial charge in [-0.2, -0.15) is 5.10 Å². The second-order valence-electron chi connectivity index (χ2n) is 6.43. The van der Waals surface area contributed by atoms with Crippen LogP contribution in [-0.2, 0) is 22.3 Å². The highest BCUT2D eigenvalue weighted by Crippen LogP contribution is 2.32. The smallest absolute Gasteiger partial charge is 0.282 e. The van der Waals surface area contributed by atoms with Gasteiger partial charge in [0.05, 0.1) is 27.8 Å². The Hall–Kier alpha value is -3.33.